The Hall–Kier alpha value is 0.0500. The SMILES string of the molecule is CC/C=C/C(O)CN(CCNCC(O)CCCC)C(C)C(=O)[O-].[Na+]. The third-order valence-corrected chi connectivity index (χ3v) is 3.75. The molecule has 0 aliphatic carbocycles. The normalized spacial score (nSPS) is 15.2. The van der Waals surface area contributed by atoms with Gasteiger partial charge in [0.15, 0.2) is 0 Å². The van der Waals surface area contributed by atoms with E-state index in [1.165, 1.54) is 0 Å². The van der Waals surface area contributed by atoms with Crippen LogP contribution in [0.1, 0.15) is 46.5 Å². The number of carbonyl (C=O) groups excluding carboxylic acids is 1. The maximum absolute atomic E-state index is 11.1. The van der Waals surface area contributed by atoms with Crippen molar-refractivity contribution in [3.8, 4) is 0 Å². The van der Waals surface area contributed by atoms with Crippen molar-refractivity contribution in [2.45, 2.75) is 64.7 Å². The Morgan fingerprint density at radius 1 is 1.33 bits per heavy atom. The van der Waals surface area contributed by atoms with Crippen molar-refractivity contribution >= 4 is 5.97 Å². The zero-order chi connectivity index (χ0) is 17.7. The third kappa shape index (κ3) is 13.4. The van der Waals surface area contributed by atoms with Gasteiger partial charge in [0.2, 0.25) is 0 Å². The number of allylic oxidation sites excluding steroid dienone is 1. The van der Waals surface area contributed by atoms with Crippen molar-refractivity contribution in [1.82, 2.24) is 10.2 Å². The molecule has 0 amide bonds. The fourth-order valence-corrected chi connectivity index (χ4v) is 2.22. The largest absolute Gasteiger partial charge is 1.00 e. The Kier molecular flexibility index (Phi) is 18.1. The summed E-state index contributed by atoms with van der Waals surface area (Å²) in [6.45, 7) is 7.35. The number of nitrogens with one attached hydrogen (secondary N) is 1. The van der Waals surface area contributed by atoms with E-state index in [9.17, 15) is 20.1 Å². The summed E-state index contributed by atoms with van der Waals surface area (Å²) in [7, 11) is 0. The standard InChI is InChI=1S/C17H34N2O4.Na/c1-4-6-8-15(20)12-18-10-11-19(14(3)17(22)23)13-16(21)9-7-5-2;/h7,9,14-16,18,20-21H,4-6,8,10-13H2,1-3H3,(H,22,23);/q;+1/p-1/b9-7+;. The fraction of sp³-hybridized carbons (Fsp3) is 0.824. The summed E-state index contributed by atoms with van der Waals surface area (Å²) < 4.78 is 0. The fourth-order valence-electron chi connectivity index (χ4n) is 2.22. The number of nitrogens with zero attached hydrogens (tertiary/aromatic N) is 1. The molecule has 7 heteroatoms. The molecule has 0 bridgehead atoms. The molecular weight excluding hydrogens is 319 g/mol. The number of hydrogen-bond donors (Lipinski definition) is 3. The molecule has 24 heavy (non-hydrogen) atoms. The van der Waals surface area contributed by atoms with Gasteiger partial charge in [-0.25, -0.2) is 0 Å². The molecule has 3 N–H and O–H groups in total. The first-order valence-corrected chi connectivity index (χ1v) is 8.60. The summed E-state index contributed by atoms with van der Waals surface area (Å²) in [5.41, 5.74) is 0. The first kappa shape index (κ1) is 26.3. The first-order valence-electron chi connectivity index (χ1n) is 8.60. The Morgan fingerprint density at radius 3 is 2.54 bits per heavy atom. The number of rotatable bonds is 14. The topological polar surface area (TPSA) is 95.9 Å². The van der Waals surface area contributed by atoms with E-state index in [2.05, 4.69) is 12.2 Å². The van der Waals surface area contributed by atoms with Crippen molar-refractivity contribution in [2.24, 2.45) is 0 Å². The minimum absolute atomic E-state index is 0. The summed E-state index contributed by atoms with van der Waals surface area (Å²) in [5, 5.41) is 33.9. The molecule has 0 radical (unpaired) electrons. The molecule has 136 valence electrons. The number of aliphatic hydroxyl groups excluding tert-OH is 2. The molecule has 0 rings (SSSR count). The van der Waals surface area contributed by atoms with Gasteiger partial charge < -0.3 is 25.4 Å². The molecule has 0 saturated carbocycles. The second kappa shape index (κ2) is 16.5. The van der Waals surface area contributed by atoms with E-state index in [0.717, 1.165) is 25.7 Å². The van der Waals surface area contributed by atoms with Crippen molar-refractivity contribution in [2.75, 3.05) is 26.2 Å². The zero-order valence-corrected chi connectivity index (χ0v) is 17.7. The van der Waals surface area contributed by atoms with Crippen LogP contribution in [0.2, 0.25) is 0 Å². The van der Waals surface area contributed by atoms with Gasteiger partial charge in [0.1, 0.15) is 0 Å². The Balaban J connectivity index is 0. The van der Waals surface area contributed by atoms with Crippen LogP contribution in [0.15, 0.2) is 12.2 Å². The maximum atomic E-state index is 11.1. The predicted octanol–water partition coefficient (Wildman–Crippen LogP) is -3.10. The number of aliphatic carboxylic acids is 1. The van der Waals surface area contributed by atoms with Gasteiger partial charge in [-0.05, 0) is 19.8 Å². The Labute approximate surface area is 168 Å². The van der Waals surface area contributed by atoms with Gasteiger partial charge in [-0.15, -0.1) is 0 Å². The summed E-state index contributed by atoms with van der Waals surface area (Å²) in [4.78, 5) is 12.8. The number of hydrogen-bond acceptors (Lipinski definition) is 6. The van der Waals surface area contributed by atoms with Gasteiger partial charge in [-0.1, -0.05) is 38.8 Å². The molecule has 0 aromatic rings. The molecule has 3 unspecified atom stereocenters. The molecule has 0 aliphatic rings. The summed E-state index contributed by atoms with van der Waals surface area (Å²) in [6, 6.07) is -0.772. The van der Waals surface area contributed by atoms with Crippen molar-refractivity contribution in [3.63, 3.8) is 0 Å². The number of aliphatic hydroxyl groups is 2. The van der Waals surface area contributed by atoms with E-state index in [0.29, 0.717) is 19.6 Å². The number of unbranched alkanes of at least 4 members (excludes halogenated alkanes) is 1. The van der Waals surface area contributed by atoms with Crippen LogP contribution in [0.4, 0.5) is 0 Å². The second-order valence-electron chi connectivity index (χ2n) is 5.89. The zero-order valence-electron chi connectivity index (χ0n) is 15.7. The molecule has 6 nitrogen and oxygen atoms in total. The summed E-state index contributed by atoms with van der Waals surface area (Å²) >= 11 is 0. The number of carbonyl (C=O) groups is 1. The van der Waals surface area contributed by atoms with Gasteiger partial charge in [0.05, 0.1) is 18.2 Å². The van der Waals surface area contributed by atoms with E-state index >= 15 is 0 Å². The van der Waals surface area contributed by atoms with Crippen LogP contribution in [-0.4, -0.2) is 65.5 Å². The summed E-state index contributed by atoms with van der Waals surface area (Å²) in [5.74, 6) is -1.15. The van der Waals surface area contributed by atoms with Gasteiger partial charge in [0, 0.05) is 32.2 Å². The van der Waals surface area contributed by atoms with Crippen LogP contribution in [0.3, 0.4) is 0 Å². The minimum Gasteiger partial charge on any atom is -0.548 e. The second-order valence-corrected chi connectivity index (χ2v) is 5.89. The van der Waals surface area contributed by atoms with Crippen LogP contribution in [-0.2, 0) is 4.79 Å². The van der Waals surface area contributed by atoms with E-state index < -0.39 is 18.1 Å². The molecule has 3 atom stereocenters. The van der Waals surface area contributed by atoms with Crippen molar-refractivity contribution in [3.05, 3.63) is 12.2 Å². The molecule has 0 saturated heterocycles. The number of carboxylic acids is 1. The molecule has 0 heterocycles. The average molecular weight is 352 g/mol. The first-order chi connectivity index (χ1) is 10.9. The van der Waals surface area contributed by atoms with Crippen LogP contribution in [0.5, 0.6) is 0 Å². The number of carboxylic acid groups (broad SMARTS) is 1. The molecule has 0 aromatic heterocycles. The van der Waals surface area contributed by atoms with E-state index in [4.69, 9.17) is 0 Å². The van der Waals surface area contributed by atoms with Crippen molar-refractivity contribution in [1.29, 1.82) is 0 Å². The van der Waals surface area contributed by atoms with E-state index in [1.54, 1.807) is 17.9 Å². The minimum atomic E-state index is -1.15. The van der Waals surface area contributed by atoms with Gasteiger partial charge in [-0.2, -0.15) is 0 Å². The van der Waals surface area contributed by atoms with Crippen LogP contribution >= 0.6 is 0 Å². The Morgan fingerprint density at radius 2 is 2.00 bits per heavy atom. The van der Waals surface area contributed by atoms with Gasteiger partial charge >= 0.3 is 29.6 Å². The van der Waals surface area contributed by atoms with E-state index in [1.807, 2.05) is 13.0 Å². The maximum Gasteiger partial charge on any atom is 1.00 e. The van der Waals surface area contributed by atoms with Crippen molar-refractivity contribution < 1.29 is 49.7 Å². The van der Waals surface area contributed by atoms with Gasteiger partial charge in [0.25, 0.3) is 0 Å². The smallest absolute Gasteiger partial charge is 0.548 e. The average Bonchev–Trinajstić information content (AvgIpc) is 2.52. The van der Waals surface area contributed by atoms with Crippen LogP contribution < -0.4 is 40.0 Å². The van der Waals surface area contributed by atoms with E-state index in [-0.39, 0.29) is 42.2 Å². The Bertz CT molecular complexity index is 343. The molecular formula is C17H33N2NaO4. The quantitative estimate of drug-likeness (QED) is 0.174. The third-order valence-electron chi connectivity index (χ3n) is 3.75. The van der Waals surface area contributed by atoms with Gasteiger partial charge in [-0.3, -0.25) is 4.90 Å². The van der Waals surface area contributed by atoms with Crippen LogP contribution in [0, 0.1) is 0 Å². The predicted molar refractivity (Wildman–Crippen MR) is 89.9 cm³/mol. The summed E-state index contributed by atoms with van der Waals surface area (Å²) in [6.07, 6.45) is 6.09. The molecule has 0 aromatic carbocycles. The molecule has 0 fully saturated rings. The molecule has 0 spiro atoms. The van der Waals surface area contributed by atoms with Crippen LogP contribution in [0.25, 0.3) is 0 Å². The monoisotopic (exact) mass is 352 g/mol. The molecule has 0 aliphatic heterocycles.